The highest BCUT2D eigenvalue weighted by Crippen LogP contribution is 2.02. The molecule has 2 rings (SSSR count). The van der Waals surface area contributed by atoms with Gasteiger partial charge in [0.1, 0.15) is 0 Å². The lowest BCUT2D eigenvalue weighted by molar-refractivity contribution is -0.144. The van der Waals surface area contributed by atoms with Crippen molar-refractivity contribution < 1.29 is 19.1 Å². The molecule has 0 aliphatic carbocycles. The Kier molecular flexibility index (Phi) is 12.9. The predicted molar refractivity (Wildman–Crippen MR) is 131 cm³/mol. The van der Waals surface area contributed by atoms with Crippen LogP contribution in [0.2, 0.25) is 0 Å². The van der Waals surface area contributed by atoms with Crippen molar-refractivity contribution >= 4 is 11.9 Å². The van der Waals surface area contributed by atoms with Gasteiger partial charge in [0, 0.05) is 25.9 Å². The molecule has 0 saturated carbocycles. The third kappa shape index (κ3) is 12.8. The molecule has 0 amide bonds. The van der Waals surface area contributed by atoms with Gasteiger partial charge in [0.15, 0.2) is 0 Å². The van der Waals surface area contributed by atoms with E-state index < -0.39 is 0 Å². The summed E-state index contributed by atoms with van der Waals surface area (Å²) in [7, 11) is 4.03. The number of esters is 2. The van der Waals surface area contributed by atoms with E-state index in [-0.39, 0.29) is 11.9 Å². The Balaban J connectivity index is 1.44. The standard InChI is InChI=1S/C27H38N2O4/c1-28(20-14-26(30)32-22-16-24-10-5-3-6-11-24)18-9-19-29(2)21-15-27(31)33-23-17-25-12-7-4-8-13-25/h3-8,10-13H,9,14-23H2,1-2H3. The van der Waals surface area contributed by atoms with E-state index in [4.69, 9.17) is 9.47 Å². The molecule has 0 bridgehead atoms. The van der Waals surface area contributed by atoms with Crippen LogP contribution in [0.1, 0.15) is 30.4 Å². The summed E-state index contributed by atoms with van der Waals surface area (Å²) >= 11 is 0. The fraction of sp³-hybridized carbons (Fsp3) is 0.481. The van der Waals surface area contributed by atoms with E-state index in [2.05, 4.69) is 9.80 Å². The van der Waals surface area contributed by atoms with E-state index in [1.807, 2.05) is 74.8 Å². The van der Waals surface area contributed by atoms with Gasteiger partial charge in [-0.15, -0.1) is 0 Å². The Labute approximate surface area is 198 Å². The highest BCUT2D eigenvalue weighted by atomic mass is 16.5. The average molecular weight is 455 g/mol. The number of carbonyl (C=O) groups is 2. The third-order valence-corrected chi connectivity index (χ3v) is 5.47. The molecule has 0 aliphatic heterocycles. The SMILES string of the molecule is CN(CCCN(C)CCC(=O)OCCc1ccccc1)CCC(=O)OCCc1ccccc1. The van der Waals surface area contributed by atoms with Gasteiger partial charge in [0.05, 0.1) is 26.1 Å². The predicted octanol–water partition coefficient (Wildman–Crippen LogP) is 3.59. The minimum absolute atomic E-state index is 0.152. The Hall–Kier alpha value is -2.70. The van der Waals surface area contributed by atoms with Crippen LogP contribution in [0.15, 0.2) is 60.7 Å². The van der Waals surface area contributed by atoms with Gasteiger partial charge in [-0.1, -0.05) is 60.7 Å². The Morgan fingerprint density at radius 3 is 1.42 bits per heavy atom. The van der Waals surface area contributed by atoms with E-state index in [1.54, 1.807) is 0 Å². The first-order valence-corrected chi connectivity index (χ1v) is 11.8. The molecule has 0 aliphatic rings. The zero-order chi connectivity index (χ0) is 23.7. The molecule has 0 spiro atoms. The van der Waals surface area contributed by atoms with Crippen LogP contribution in [-0.2, 0) is 31.9 Å². The summed E-state index contributed by atoms with van der Waals surface area (Å²) in [4.78, 5) is 28.1. The van der Waals surface area contributed by atoms with Gasteiger partial charge in [-0.05, 0) is 44.7 Å². The maximum Gasteiger partial charge on any atom is 0.307 e. The summed E-state index contributed by atoms with van der Waals surface area (Å²) in [5.74, 6) is -0.304. The van der Waals surface area contributed by atoms with Crippen molar-refractivity contribution in [1.29, 1.82) is 0 Å². The number of hydrogen-bond acceptors (Lipinski definition) is 6. The molecule has 0 unspecified atom stereocenters. The summed E-state index contributed by atoms with van der Waals surface area (Å²) in [6.45, 7) is 3.99. The Morgan fingerprint density at radius 1 is 0.636 bits per heavy atom. The topological polar surface area (TPSA) is 59.1 Å². The molecule has 0 saturated heterocycles. The molecular weight excluding hydrogens is 416 g/mol. The first-order chi connectivity index (χ1) is 16.0. The second-order valence-corrected chi connectivity index (χ2v) is 8.37. The molecule has 0 aromatic heterocycles. The molecule has 0 N–H and O–H groups in total. The zero-order valence-electron chi connectivity index (χ0n) is 20.1. The van der Waals surface area contributed by atoms with Crippen molar-refractivity contribution in [3.05, 3.63) is 71.8 Å². The lowest BCUT2D eigenvalue weighted by atomic mass is 10.2. The summed E-state index contributed by atoms with van der Waals surface area (Å²) in [6, 6.07) is 20.1. The van der Waals surface area contributed by atoms with E-state index in [0.29, 0.717) is 39.1 Å². The van der Waals surface area contributed by atoms with Crippen molar-refractivity contribution in [1.82, 2.24) is 9.80 Å². The van der Waals surface area contributed by atoms with Crippen LogP contribution in [-0.4, -0.2) is 75.2 Å². The molecule has 6 nitrogen and oxygen atoms in total. The average Bonchev–Trinajstić information content (AvgIpc) is 2.83. The molecule has 0 radical (unpaired) electrons. The molecule has 0 fully saturated rings. The smallest absolute Gasteiger partial charge is 0.307 e. The number of ether oxygens (including phenoxy) is 2. The second kappa shape index (κ2) is 16.0. The van der Waals surface area contributed by atoms with E-state index in [9.17, 15) is 9.59 Å². The quantitative estimate of drug-likeness (QED) is 0.361. The number of hydrogen-bond donors (Lipinski definition) is 0. The number of benzene rings is 2. The normalized spacial score (nSPS) is 11.0. The maximum absolute atomic E-state index is 11.9. The maximum atomic E-state index is 11.9. The Morgan fingerprint density at radius 2 is 1.03 bits per heavy atom. The van der Waals surface area contributed by atoms with Crippen LogP contribution in [0.4, 0.5) is 0 Å². The summed E-state index contributed by atoms with van der Waals surface area (Å²) in [5, 5.41) is 0. The summed E-state index contributed by atoms with van der Waals surface area (Å²) in [6.07, 6.45) is 3.26. The van der Waals surface area contributed by atoms with Crippen molar-refractivity contribution in [3.63, 3.8) is 0 Å². The molecule has 2 aromatic rings. The fourth-order valence-electron chi connectivity index (χ4n) is 3.40. The molecule has 6 heteroatoms. The van der Waals surface area contributed by atoms with Crippen LogP contribution >= 0.6 is 0 Å². The van der Waals surface area contributed by atoms with E-state index in [0.717, 1.165) is 32.4 Å². The fourth-order valence-corrected chi connectivity index (χ4v) is 3.40. The van der Waals surface area contributed by atoms with Gasteiger partial charge in [-0.25, -0.2) is 0 Å². The van der Waals surface area contributed by atoms with Crippen molar-refractivity contribution in [3.8, 4) is 0 Å². The lowest BCUT2D eigenvalue weighted by Gasteiger charge is -2.20. The van der Waals surface area contributed by atoms with Crippen LogP contribution in [0.3, 0.4) is 0 Å². The van der Waals surface area contributed by atoms with Gasteiger partial charge >= 0.3 is 11.9 Å². The number of carbonyl (C=O) groups excluding carboxylic acids is 2. The largest absolute Gasteiger partial charge is 0.465 e. The van der Waals surface area contributed by atoms with Crippen LogP contribution < -0.4 is 0 Å². The zero-order valence-corrected chi connectivity index (χ0v) is 20.1. The van der Waals surface area contributed by atoms with Crippen molar-refractivity contribution in [2.75, 3.05) is 53.5 Å². The number of nitrogens with zero attached hydrogens (tertiary/aromatic N) is 2. The summed E-state index contributed by atoms with van der Waals surface area (Å²) in [5.41, 5.74) is 2.35. The lowest BCUT2D eigenvalue weighted by Crippen LogP contribution is -2.29. The first kappa shape index (κ1) is 26.6. The monoisotopic (exact) mass is 454 g/mol. The molecule has 2 aromatic carbocycles. The van der Waals surface area contributed by atoms with Gasteiger partial charge in [-0.3, -0.25) is 9.59 Å². The highest BCUT2D eigenvalue weighted by molar-refractivity contribution is 5.69. The van der Waals surface area contributed by atoms with Gasteiger partial charge < -0.3 is 19.3 Å². The molecular formula is C27H38N2O4. The summed E-state index contributed by atoms with van der Waals surface area (Å²) < 4.78 is 10.7. The van der Waals surface area contributed by atoms with E-state index >= 15 is 0 Å². The van der Waals surface area contributed by atoms with Crippen LogP contribution in [0.5, 0.6) is 0 Å². The van der Waals surface area contributed by atoms with Crippen LogP contribution in [0.25, 0.3) is 0 Å². The molecule has 180 valence electrons. The third-order valence-electron chi connectivity index (χ3n) is 5.47. The second-order valence-electron chi connectivity index (χ2n) is 8.37. The van der Waals surface area contributed by atoms with Crippen LogP contribution in [0, 0.1) is 0 Å². The van der Waals surface area contributed by atoms with Crippen molar-refractivity contribution in [2.24, 2.45) is 0 Å². The minimum Gasteiger partial charge on any atom is -0.465 e. The van der Waals surface area contributed by atoms with Gasteiger partial charge in [-0.2, -0.15) is 0 Å². The highest BCUT2D eigenvalue weighted by Gasteiger charge is 2.08. The van der Waals surface area contributed by atoms with Crippen molar-refractivity contribution in [2.45, 2.75) is 32.1 Å². The van der Waals surface area contributed by atoms with Gasteiger partial charge in [0.2, 0.25) is 0 Å². The first-order valence-electron chi connectivity index (χ1n) is 11.8. The number of rotatable bonds is 16. The molecule has 0 atom stereocenters. The molecule has 33 heavy (non-hydrogen) atoms. The molecule has 0 heterocycles. The minimum atomic E-state index is -0.152. The van der Waals surface area contributed by atoms with Gasteiger partial charge in [0.25, 0.3) is 0 Å². The Bertz CT molecular complexity index is 731. The van der Waals surface area contributed by atoms with E-state index in [1.165, 1.54) is 11.1 Å².